The van der Waals surface area contributed by atoms with Crippen LogP contribution in [0.15, 0.2) is 53.0 Å². The van der Waals surface area contributed by atoms with Crippen LogP contribution in [-0.4, -0.2) is 0 Å². The fourth-order valence-corrected chi connectivity index (χ4v) is 2.87. The topological polar surface area (TPSA) is 12.0 Å². The Morgan fingerprint density at radius 1 is 1.05 bits per heavy atom. The molecule has 2 aromatic carbocycles. The molecule has 0 fully saturated rings. The predicted molar refractivity (Wildman–Crippen MR) is 86.8 cm³/mol. The first kappa shape index (κ1) is 14.4. The molecule has 0 aliphatic heterocycles. The Labute approximate surface area is 128 Å². The van der Waals surface area contributed by atoms with Gasteiger partial charge in [0.15, 0.2) is 0 Å². The zero-order valence-electron chi connectivity index (χ0n) is 11.0. The van der Waals surface area contributed by atoms with E-state index in [1.807, 2.05) is 24.3 Å². The lowest BCUT2D eigenvalue weighted by Crippen LogP contribution is -2.16. The average molecular weight is 339 g/mol. The zero-order valence-corrected chi connectivity index (χ0v) is 13.4. The van der Waals surface area contributed by atoms with Crippen molar-refractivity contribution < 1.29 is 0 Å². The molecule has 0 aliphatic rings. The molecule has 3 heteroatoms. The summed E-state index contributed by atoms with van der Waals surface area (Å²) in [6.45, 7) is 4.43. The molecular formula is C16H17BrClN. The van der Waals surface area contributed by atoms with Gasteiger partial charge in [0.1, 0.15) is 0 Å². The smallest absolute Gasteiger partial charge is 0.0537 e. The summed E-state index contributed by atoms with van der Waals surface area (Å²) < 4.78 is 0.988. The number of hydrogen-bond acceptors (Lipinski definition) is 1. The molecule has 0 bridgehead atoms. The standard InChI is InChI=1S/C16H17BrClN/c1-11(2)16(12-6-4-3-5-7-12)19-15-9-8-13(18)10-14(15)17/h3-11,16,19H,1-2H3. The molecule has 0 saturated carbocycles. The summed E-state index contributed by atoms with van der Waals surface area (Å²) in [6.07, 6.45) is 0. The molecule has 1 atom stereocenters. The van der Waals surface area contributed by atoms with E-state index in [1.54, 1.807) is 0 Å². The van der Waals surface area contributed by atoms with Crippen molar-refractivity contribution in [2.75, 3.05) is 5.32 Å². The highest BCUT2D eigenvalue weighted by Gasteiger charge is 2.16. The van der Waals surface area contributed by atoms with Gasteiger partial charge >= 0.3 is 0 Å². The molecule has 0 aliphatic carbocycles. The summed E-state index contributed by atoms with van der Waals surface area (Å²) in [5.41, 5.74) is 2.35. The fourth-order valence-electron chi connectivity index (χ4n) is 2.07. The van der Waals surface area contributed by atoms with Crippen LogP contribution >= 0.6 is 27.5 Å². The highest BCUT2D eigenvalue weighted by Crippen LogP contribution is 2.32. The fraction of sp³-hybridized carbons (Fsp3) is 0.250. The van der Waals surface area contributed by atoms with Gasteiger partial charge in [-0.1, -0.05) is 55.8 Å². The molecule has 19 heavy (non-hydrogen) atoms. The first-order chi connectivity index (χ1) is 9.08. The predicted octanol–water partition coefficient (Wildman–Crippen LogP) is 5.91. The van der Waals surface area contributed by atoms with Crippen molar-refractivity contribution in [2.24, 2.45) is 5.92 Å². The Morgan fingerprint density at radius 2 is 1.74 bits per heavy atom. The Balaban J connectivity index is 2.27. The molecular weight excluding hydrogens is 322 g/mol. The van der Waals surface area contributed by atoms with Crippen molar-refractivity contribution >= 4 is 33.2 Å². The third-order valence-electron chi connectivity index (χ3n) is 3.07. The summed E-state index contributed by atoms with van der Waals surface area (Å²) >= 11 is 9.53. The van der Waals surface area contributed by atoms with Crippen molar-refractivity contribution in [3.63, 3.8) is 0 Å². The molecule has 0 amide bonds. The van der Waals surface area contributed by atoms with Crippen molar-refractivity contribution in [1.82, 2.24) is 0 Å². The molecule has 2 rings (SSSR count). The minimum Gasteiger partial charge on any atom is -0.377 e. The van der Waals surface area contributed by atoms with Crippen LogP contribution in [0.3, 0.4) is 0 Å². The number of rotatable bonds is 4. The van der Waals surface area contributed by atoms with Gasteiger partial charge in [-0.05, 0) is 45.6 Å². The normalized spacial score (nSPS) is 12.5. The molecule has 1 unspecified atom stereocenters. The first-order valence-electron chi connectivity index (χ1n) is 6.34. The van der Waals surface area contributed by atoms with Crippen LogP contribution in [0, 0.1) is 5.92 Å². The molecule has 1 N–H and O–H groups in total. The highest BCUT2D eigenvalue weighted by molar-refractivity contribution is 9.10. The third-order valence-corrected chi connectivity index (χ3v) is 3.96. The second-order valence-electron chi connectivity index (χ2n) is 4.90. The summed E-state index contributed by atoms with van der Waals surface area (Å²) in [5.74, 6) is 0.491. The lowest BCUT2D eigenvalue weighted by Gasteiger charge is -2.24. The Hall–Kier alpha value is -0.990. The van der Waals surface area contributed by atoms with Gasteiger partial charge in [-0.25, -0.2) is 0 Å². The van der Waals surface area contributed by atoms with Crippen molar-refractivity contribution in [2.45, 2.75) is 19.9 Å². The maximum absolute atomic E-state index is 5.98. The lowest BCUT2D eigenvalue weighted by atomic mass is 9.96. The van der Waals surface area contributed by atoms with Crippen molar-refractivity contribution in [3.8, 4) is 0 Å². The van der Waals surface area contributed by atoms with Crippen LogP contribution in [0.5, 0.6) is 0 Å². The second kappa shape index (κ2) is 6.44. The second-order valence-corrected chi connectivity index (χ2v) is 6.19. The number of hydrogen-bond donors (Lipinski definition) is 1. The van der Waals surface area contributed by atoms with Gasteiger partial charge in [0.25, 0.3) is 0 Å². The first-order valence-corrected chi connectivity index (χ1v) is 7.51. The summed E-state index contributed by atoms with van der Waals surface area (Å²) in [5, 5.41) is 4.32. The molecule has 1 nitrogen and oxygen atoms in total. The molecule has 0 heterocycles. The van der Waals surface area contributed by atoms with E-state index in [-0.39, 0.29) is 6.04 Å². The Bertz CT molecular complexity index is 540. The molecule has 0 radical (unpaired) electrons. The van der Waals surface area contributed by atoms with Crippen LogP contribution in [0.4, 0.5) is 5.69 Å². The van der Waals surface area contributed by atoms with E-state index in [2.05, 4.69) is 59.4 Å². The Kier molecular flexibility index (Phi) is 4.89. The van der Waals surface area contributed by atoms with E-state index in [0.29, 0.717) is 5.92 Å². The molecule has 2 aromatic rings. The quantitative estimate of drug-likeness (QED) is 0.730. The summed E-state index contributed by atoms with van der Waals surface area (Å²) in [7, 11) is 0. The Morgan fingerprint density at radius 3 is 2.32 bits per heavy atom. The average Bonchev–Trinajstić information content (AvgIpc) is 2.38. The van der Waals surface area contributed by atoms with Gasteiger partial charge in [-0.15, -0.1) is 0 Å². The van der Waals surface area contributed by atoms with Gasteiger partial charge in [0, 0.05) is 15.2 Å². The molecule has 0 aromatic heterocycles. The zero-order chi connectivity index (χ0) is 13.8. The van der Waals surface area contributed by atoms with Gasteiger partial charge in [0.2, 0.25) is 0 Å². The van der Waals surface area contributed by atoms with Gasteiger partial charge in [-0.3, -0.25) is 0 Å². The summed E-state index contributed by atoms with van der Waals surface area (Å²) in [6, 6.07) is 16.6. The van der Waals surface area contributed by atoms with Crippen LogP contribution in [0.25, 0.3) is 0 Å². The van der Waals surface area contributed by atoms with E-state index >= 15 is 0 Å². The van der Waals surface area contributed by atoms with E-state index < -0.39 is 0 Å². The minimum absolute atomic E-state index is 0.277. The maximum Gasteiger partial charge on any atom is 0.0537 e. The van der Waals surface area contributed by atoms with E-state index in [4.69, 9.17) is 11.6 Å². The maximum atomic E-state index is 5.98. The molecule has 0 spiro atoms. The molecule has 0 saturated heterocycles. The summed E-state index contributed by atoms with van der Waals surface area (Å²) in [4.78, 5) is 0. The monoisotopic (exact) mass is 337 g/mol. The van der Waals surface area contributed by atoms with Crippen LogP contribution < -0.4 is 5.32 Å². The minimum atomic E-state index is 0.277. The van der Waals surface area contributed by atoms with E-state index in [0.717, 1.165) is 15.2 Å². The van der Waals surface area contributed by atoms with Crippen LogP contribution in [0.2, 0.25) is 5.02 Å². The van der Waals surface area contributed by atoms with Crippen molar-refractivity contribution in [3.05, 3.63) is 63.6 Å². The van der Waals surface area contributed by atoms with E-state index in [1.165, 1.54) is 5.56 Å². The van der Waals surface area contributed by atoms with Crippen LogP contribution in [0.1, 0.15) is 25.5 Å². The number of nitrogens with one attached hydrogen (secondary N) is 1. The highest BCUT2D eigenvalue weighted by atomic mass is 79.9. The van der Waals surface area contributed by atoms with E-state index in [9.17, 15) is 0 Å². The largest absolute Gasteiger partial charge is 0.377 e. The lowest BCUT2D eigenvalue weighted by molar-refractivity contribution is 0.546. The van der Waals surface area contributed by atoms with Crippen molar-refractivity contribution in [1.29, 1.82) is 0 Å². The van der Waals surface area contributed by atoms with Crippen LogP contribution in [-0.2, 0) is 0 Å². The number of halogens is 2. The van der Waals surface area contributed by atoms with Gasteiger partial charge in [0.05, 0.1) is 6.04 Å². The SMILES string of the molecule is CC(C)C(Nc1ccc(Cl)cc1Br)c1ccccc1. The van der Waals surface area contributed by atoms with Gasteiger partial charge in [-0.2, -0.15) is 0 Å². The number of benzene rings is 2. The third kappa shape index (κ3) is 3.74. The molecule has 100 valence electrons. The number of anilines is 1. The van der Waals surface area contributed by atoms with Gasteiger partial charge < -0.3 is 5.32 Å².